The van der Waals surface area contributed by atoms with E-state index in [4.69, 9.17) is 9.94 Å². The molecular formula is C18H23FN2O3. The summed E-state index contributed by atoms with van der Waals surface area (Å²) in [5, 5.41) is 8.73. The first kappa shape index (κ1) is 16.0. The largest absolute Gasteiger partial charge is 0.375 e. The number of fused-ring (bicyclic) bond motifs is 1. The van der Waals surface area contributed by atoms with Gasteiger partial charge in [0, 0.05) is 36.9 Å². The Morgan fingerprint density at radius 2 is 2.29 bits per heavy atom. The predicted molar refractivity (Wildman–Crippen MR) is 85.3 cm³/mol. The highest BCUT2D eigenvalue weighted by Crippen LogP contribution is 2.43. The molecule has 0 radical (unpaired) electrons. The van der Waals surface area contributed by atoms with Crippen molar-refractivity contribution in [2.24, 2.45) is 0 Å². The molecule has 0 unspecified atom stereocenters. The normalized spacial score (nSPS) is 29.8. The molecule has 1 saturated carbocycles. The Labute approximate surface area is 140 Å². The summed E-state index contributed by atoms with van der Waals surface area (Å²) in [5.41, 5.74) is 3.36. The zero-order valence-corrected chi connectivity index (χ0v) is 13.7. The van der Waals surface area contributed by atoms with Crippen LogP contribution in [0.25, 0.3) is 0 Å². The van der Waals surface area contributed by atoms with Gasteiger partial charge in [-0.15, -0.1) is 0 Å². The smallest absolute Gasteiger partial charge is 0.274 e. The molecule has 0 bridgehead atoms. The van der Waals surface area contributed by atoms with E-state index < -0.39 is 5.91 Å². The summed E-state index contributed by atoms with van der Waals surface area (Å²) in [6.07, 6.45) is 6.31. The number of amides is 1. The maximum Gasteiger partial charge on any atom is 0.274 e. The van der Waals surface area contributed by atoms with Crippen LogP contribution < -0.4 is 5.48 Å². The molecule has 24 heavy (non-hydrogen) atoms. The van der Waals surface area contributed by atoms with E-state index in [1.54, 1.807) is 11.5 Å². The zero-order valence-electron chi connectivity index (χ0n) is 13.7. The van der Waals surface area contributed by atoms with Gasteiger partial charge in [0.15, 0.2) is 0 Å². The van der Waals surface area contributed by atoms with Crippen molar-refractivity contribution >= 4 is 5.91 Å². The fourth-order valence-corrected chi connectivity index (χ4v) is 4.64. The highest BCUT2D eigenvalue weighted by molar-refractivity contribution is 5.93. The SMILES string of the molecule is O=C(NO)c1cc(F)c2c(c1)CCN([C@@H]1CC[C@]3(CCCO3)C1)C2. The molecule has 1 aliphatic carbocycles. The highest BCUT2D eigenvalue weighted by atomic mass is 19.1. The summed E-state index contributed by atoms with van der Waals surface area (Å²) in [6, 6.07) is 3.36. The van der Waals surface area contributed by atoms with Crippen LogP contribution in [-0.4, -0.2) is 40.8 Å². The van der Waals surface area contributed by atoms with Gasteiger partial charge in [-0.1, -0.05) is 0 Å². The van der Waals surface area contributed by atoms with Crippen LogP contribution in [0.4, 0.5) is 4.39 Å². The first-order valence-corrected chi connectivity index (χ1v) is 8.74. The van der Waals surface area contributed by atoms with Crippen molar-refractivity contribution in [3.8, 4) is 0 Å². The number of carbonyl (C=O) groups excluding carboxylic acids is 1. The lowest BCUT2D eigenvalue weighted by atomic mass is 9.94. The molecule has 5 nitrogen and oxygen atoms in total. The number of halogens is 1. The number of hydrogen-bond donors (Lipinski definition) is 2. The molecule has 2 N–H and O–H groups in total. The molecule has 1 aromatic carbocycles. The van der Waals surface area contributed by atoms with E-state index >= 15 is 0 Å². The van der Waals surface area contributed by atoms with E-state index in [2.05, 4.69) is 4.90 Å². The van der Waals surface area contributed by atoms with Crippen molar-refractivity contribution in [1.82, 2.24) is 10.4 Å². The van der Waals surface area contributed by atoms with Gasteiger partial charge in [0.05, 0.1) is 5.60 Å². The number of nitrogens with one attached hydrogen (secondary N) is 1. The molecule has 2 atom stereocenters. The Morgan fingerprint density at radius 1 is 1.42 bits per heavy atom. The van der Waals surface area contributed by atoms with Crippen molar-refractivity contribution in [3.05, 3.63) is 34.6 Å². The van der Waals surface area contributed by atoms with Gasteiger partial charge in [-0.05, 0) is 56.2 Å². The second-order valence-corrected chi connectivity index (χ2v) is 7.29. The minimum Gasteiger partial charge on any atom is -0.375 e. The lowest BCUT2D eigenvalue weighted by Gasteiger charge is -2.35. The third-order valence-corrected chi connectivity index (χ3v) is 5.92. The first-order chi connectivity index (χ1) is 11.6. The van der Waals surface area contributed by atoms with Gasteiger partial charge in [-0.3, -0.25) is 14.9 Å². The van der Waals surface area contributed by atoms with Gasteiger partial charge in [0.2, 0.25) is 0 Å². The molecule has 2 fully saturated rings. The molecule has 1 aromatic rings. The monoisotopic (exact) mass is 334 g/mol. The lowest BCUT2D eigenvalue weighted by Crippen LogP contribution is -2.40. The van der Waals surface area contributed by atoms with Crippen LogP contribution in [-0.2, 0) is 17.7 Å². The van der Waals surface area contributed by atoms with E-state index in [1.165, 1.54) is 6.07 Å². The molecule has 1 spiro atoms. The molecule has 130 valence electrons. The summed E-state index contributed by atoms with van der Waals surface area (Å²) in [5.74, 6) is -1.03. The van der Waals surface area contributed by atoms with Crippen molar-refractivity contribution in [3.63, 3.8) is 0 Å². The van der Waals surface area contributed by atoms with E-state index in [9.17, 15) is 9.18 Å². The van der Waals surface area contributed by atoms with Crippen LogP contribution in [0.3, 0.4) is 0 Å². The van der Waals surface area contributed by atoms with E-state index in [0.717, 1.165) is 57.2 Å². The van der Waals surface area contributed by atoms with E-state index in [0.29, 0.717) is 18.2 Å². The Balaban J connectivity index is 1.51. The molecule has 1 saturated heterocycles. The predicted octanol–water partition coefficient (Wildman–Crippen LogP) is 2.40. The average Bonchev–Trinajstić information content (AvgIpc) is 3.24. The number of carbonyl (C=O) groups is 1. The summed E-state index contributed by atoms with van der Waals surface area (Å²) >= 11 is 0. The summed E-state index contributed by atoms with van der Waals surface area (Å²) in [7, 11) is 0. The fourth-order valence-electron chi connectivity index (χ4n) is 4.64. The number of hydrogen-bond acceptors (Lipinski definition) is 4. The number of nitrogens with zero attached hydrogens (tertiary/aromatic N) is 1. The molecule has 4 rings (SSSR count). The van der Waals surface area contributed by atoms with Gasteiger partial charge < -0.3 is 4.74 Å². The average molecular weight is 334 g/mol. The minimum atomic E-state index is -0.671. The number of hydroxylamine groups is 1. The maximum absolute atomic E-state index is 14.5. The molecule has 1 amide bonds. The quantitative estimate of drug-likeness (QED) is 0.644. The number of rotatable bonds is 2. The Morgan fingerprint density at radius 3 is 3.04 bits per heavy atom. The lowest BCUT2D eigenvalue weighted by molar-refractivity contribution is 0.00287. The van der Waals surface area contributed by atoms with Gasteiger partial charge in [-0.2, -0.15) is 0 Å². The number of benzene rings is 1. The zero-order chi connectivity index (χ0) is 16.7. The minimum absolute atomic E-state index is 0.0760. The third kappa shape index (κ3) is 2.72. The van der Waals surface area contributed by atoms with Crippen LogP contribution in [0.1, 0.15) is 53.6 Å². The van der Waals surface area contributed by atoms with Crippen molar-refractivity contribution < 1.29 is 19.1 Å². The van der Waals surface area contributed by atoms with Crippen molar-refractivity contribution in [2.75, 3.05) is 13.2 Å². The molecule has 3 aliphatic rings. The van der Waals surface area contributed by atoms with Crippen LogP contribution in [0.2, 0.25) is 0 Å². The molecule has 0 aromatic heterocycles. The molecule has 2 heterocycles. The van der Waals surface area contributed by atoms with Crippen LogP contribution in [0.5, 0.6) is 0 Å². The van der Waals surface area contributed by atoms with Gasteiger partial charge >= 0.3 is 0 Å². The molecule has 6 heteroatoms. The van der Waals surface area contributed by atoms with Gasteiger partial charge in [-0.25, -0.2) is 9.87 Å². The Hall–Kier alpha value is -1.50. The van der Waals surface area contributed by atoms with Crippen LogP contribution in [0.15, 0.2) is 12.1 Å². The topological polar surface area (TPSA) is 61.8 Å². The third-order valence-electron chi connectivity index (χ3n) is 5.92. The van der Waals surface area contributed by atoms with Gasteiger partial charge in [0.1, 0.15) is 5.82 Å². The second-order valence-electron chi connectivity index (χ2n) is 7.29. The maximum atomic E-state index is 14.5. The number of ether oxygens (including phenoxy) is 1. The standard InChI is InChI=1S/C18H23FN2O3/c19-16-9-13(17(22)20-23)8-12-3-6-21(11-15(12)16)14-2-5-18(10-14)4-1-7-24-18/h8-9,14,23H,1-7,10-11H2,(H,20,22)/t14-,18-/m1/s1. The summed E-state index contributed by atoms with van der Waals surface area (Å²) in [4.78, 5) is 13.9. The summed E-state index contributed by atoms with van der Waals surface area (Å²) in [6.45, 7) is 2.33. The highest BCUT2D eigenvalue weighted by Gasteiger charge is 2.44. The first-order valence-electron chi connectivity index (χ1n) is 8.74. The van der Waals surface area contributed by atoms with Crippen LogP contribution in [0, 0.1) is 5.82 Å². The Kier molecular flexibility index (Phi) is 4.06. The molecule has 2 aliphatic heterocycles. The van der Waals surface area contributed by atoms with E-state index in [1.807, 2.05) is 0 Å². The van der Waals surface area contributed by atoms with Crippen LogP contribution >= 0.6 is 0 Å². The van der Waals surface area contributed by atoms with Crippen molar-refractivity contribution in [1.29, 1.82) is 0 Å². The van der Waals surface area contributed by atoms with Crippen molar-refractivity contribution in [2.45, 2.75) is 56.7 Å². The van der Waals surface area contributed by atoms with Gasteiger partial charge in [0.25, 0.3) is 5.91 Å². The second kappa shape index (κ2) is 6.10. The fraction of sp³-hybridized carbons (Fsp3) is 0.611. The van der Waals surface area contributed by atoms with E-state index in [-0.39, 0.29) is 17.0 Å². The summed E-state index contributed by atoms with van der Waals surface area (Å²) < 4.78 is 20.5. The molecular weight excluding hydrogens is 311 g/mol. The Bertz CT molecular complexity index is 658.